The monoisotopic (exact) mass is 327 g/mol. The normalized spacial score (nSPS) is 12.9. The van der Waals surface area contributed by atoms with Crippen molar-refractivity contribution in [3.8, 4) is 0 Å². The van der Waals surface area contributed by atoms with Crippen molar-refractivity contribution in [2.45, 2.75) is 12.0 Å². The van der Waals surface area contributed by atoms with E-state index in [4.69, 9.17) is 0 Å². The van der Waals surface area contributed by atoms with E-state index in [0.717, 1.165) is 0 Å². The topological polar surface area (TPSA) is 104 Å². The fraction of sp³-hybridized carbons (Fsp3) is 0.167. The van der Waals surface area contributed by atoms with Crippen molar-refractivity contribution in [2.75, 3.05) is 6.54 Å². The zero-order chi connectivity index (χ0) is 17.6. The van der Waals surface area contributed by atoms with Crippen molar-refractivity contribution < 1.29 is 24.6 Å². The lowest BCUT2D eigenvalue weighted by atomic mass is 9.90. The standard InChI is InChI=1S/C18H17NO5/c20-15(12-19-16(21)14-9-5-2-6-10-14)18(24,17(22)23)11-13-7-3-1-4-8-13/h1-10,24H,11-12H2,(H,19,21)(H,22,23). The maximum Gasteiger partial charge on any atom is 0.343 e. The molecule has 24 heavy (non-hydrogen) atoms. The Labute approximate surface area is 138 Å². The van der Waals surface area contributed by atoms with Gasteiger partial charge >= 0.3 is 5.97 Å². The average molecular weight is 327 g/mol. The van der Waals surface area contributed by atoms with Crippen LogP contribution in [0.4, 0.5) is 0 Å². The van der Waals surface area contributed by atoms with Crippen molar-refractivity contribution in [3.63, 3.8) is 0 Å². The molecule has 2 rings (SSSR count). The zero-order valence-electron chi connectivity index (χ0n) is 12.8. The Morgan fingerprint density at radius 2 is 1.46 bits per heavy atom. The second-order valence-corrected chi connectivity index (χ2v) is 5.30. The van der Waals surface area contributed by atoms with E-state index < -0.39 is 29.8 Å². The van der Waals surface area contributed by atoms with E-state index in [2.05, 4.69) is 5.32 Å². The van der Waals surface area contributed by atoms with Gasteiger partial charge in [-0.3, -0.25) is 9.59 Å². The van der Waals surface area contributed by atoms with Gasteiger partial charge in [0.1, 0.15) is 0 Å². The molecular weight excluding hydrogens is 310 g/mol. The predicted octanol–water partition coefficient (Wildman–Crippen LogP) is 1.04. The molecule has 0 aromatic heterocycles. The van der Waals surface area contributed by atoms with E-state index in [-0.39, 0.29) is 6.42 Å². The van der Waals surface area contributed by atoms with Crippen molar-refractivity contribution in [1.29, 1.82) is 0 Å². The molecule has 0 spiro atoms. The largest absolute Gasteiger partial charge is 0.479 e. The molecule has 124 valence electrons. The molecule has 6 heteroatoms. The van der Waals surface area contributed by atoms with Gasteiger partial charge in [-0.2, -0.15) is 0 Å². The molecule has 0 aliphatic carbocycles. The summed E-state index contributed by atoms with van der Waals surface area (Å²) in [5.74, 6) is -3.15. The van der Waals surface area contributed by atoms with Crippen molar-refractivity contribution in [1.82, 2.24) is 5.32 Å². The summed E-state index contributed by atoms with van der Waals surface area (Å²) in [5.41, 5.74) is -1.75. The predicted molar refractivity (Wildman–Crippen MR) is 86.5 cm³/mol. The molecule has 0 radical (unpaired) electrons. The summed E-state index contributed by atoms with van der Waals surface area (Å²) in [6, 6.07) is 16.5. The van der Waals surface area contributed by atoms with Crippen LogP contribution in [0.5, 0.6) is 0 Å². The van der Waals surface area contributed by atoms with Crippen LogP contribution < -0.4 is 5.32 Å². The SMILES string of the molecule is O=C(NCC(=O)C(O)(Cc1ccccc1)C(=O)O)c1ccccc1. The summed E-state index contributed by atoms with van der Waals surface area (Å²) < 4.78 is 0. The first-order valence-electron chi connectivity index (χ1n) is 7.30. The van der Waals surface area contributed by atoms with Gasteiger partial charge in [0.25, 0.3) is 5.91 Å². The molecule has 0 aliphatic rings. The summed E-state index contributed by atoms with van der Waals surface area (Å²) in [6.45, 7) is -0.580. The molecule has 1 atom stereocenters. The second-order valence-electron chi connectivity index (χ2n) is 5.30. The van der Waals surface area contributed by atoms with E-state index in [1.165, 1.54) is 0 Å². The number of nitrogens with one attached hydrogen (secondary N) is 1. The molecular formula is C18H17NO5. The summed E-state index contributed by atoms with van der Waals surface area (Å²) in [5, 5.41) is 21.9. The molecule has 2 aromatic rings. The van der Waals surface area contributed by atoms with Gasteiger partial charge in [0.05, 0.1) is 6.54 Å². The van der Waals surface area contributed by atoms with E-state index in [0.29, 0.717) is 11.1 Å². The summed E-state index contributed by atoms with van der Waals surface area (Å²) in [4.78, 5) is 35.5. The van der Waals surface area contributed by atoms with E-state index in [9.17, 15) is 24.6 Å². The number of carbonyl (C=O) groups excluding carboxylic acids is 2. The Morgan fingerprint density at radius 3 is 2.00 bits per heavy atom. The number of hydrogen-bond acceptors (Lipinski definition) is 4. The first-order chi connectivity index (χ1) is 11.4. The Bertz CT molecular complexity index is 730. The van der Waals surface area contributed by atoms with Crippen molar-refractivity contribution >= 4 is 17.7 Å². The highest BCUT2D eigenvalue weighted by Gasteiger charge is 2.43. The van der Waals surface area contributed by atoms with Crippen LogP contribution in [0.15, 0.2) is 60.7 Å². The number of aliphatic hydroxyl groups is 1. The molecule has 0 heterocycles. The van der Waals surface area contributed by atoms with Gasteiger partial charge in [-0.15, -0.1) is 0 Å². The Balaban J connectivity index is 2.06. The number of carboxylic acids is 1. The highest BCUT2D eigenvalue weighted by molar-refractivity contribution is 6.08. The first kappa shape index (κ1) is 17.4. The van der Waals surface area contributed by atoms with Crippen LogP contribution in [0.2, 0.25) is 0 Å². The third kappa shape index (κ3) is 4.05. The zero-order valence-corrected chi connectivity index (χ0v) is 12.8. The number of carboxylic acid groups (broad SMARTS) is 1. The van der Waals surface area contributed by atoms with Gasteiger partial charge < -0.3 is 15.5 Å². The minimum absolute atomic E-state index is 0.340. The van der Waals surface area contributed by atoms with Gasteiger partial charge in [0.15, 0.2) is 5.78 Å². The maximum absolute atomic E-state index is 12.2. The van der Waals surface area contributed by atoms with Gasteiger partial charge in [0, 0.05) is 12.0 Å². The smallest absolute Gasteiger partial charge is 0.343 e. The molecule has 1 amide bonds. The lowest BCUT2D eigenvalue weighted by Gasteiger charge is -2.22. The van der Waals surface area contributed by atoms with Crippen molar-refractivity contribution in [2.24, 2.45) is 0 Å². The molecule has 0 saturated carbocycles. The Morgan fingerprint density at radius 1 is 0.917 bits per heavy atom. The fourth-order valence-corrected chi connectivity index (χ4v) is 2.18. The van der Waals surface area contributed by atoms with Crippen LogP contribution in [0, 0.1) is 0 Å². The Kier molecular flexibility index (Phi) is 5.44. The number of benzene rings is 2. The molecule has 0 bridgehead atoms. The molecule has 6 nitrogen and oxygen atoms in total. The van der Waals surface area contributed by atoms with Crippen LogP contribution in [-0.4, -0.2) is 40.0 Å². The van der Waals surface area contributed by atoms with Crippen LogP contribution in [0.1, 0.15) is 15.9 Å². The van der Waals surface area contributed by atoms with Crippen LogP contribution in [0.3, 0.4) is 0 Å². The number of hydrogen-bond donors (Lipinski definition) is 3. The highest BCUT2D eigenvalue weighted by atomic mass is 16.4. The number of ketones is 1. The lowest BCUT2D eigenvalue weighted by Crippen LogP contribution is -2.52. The lowest BCUT2D eigenvalue weighted by molar-refractivity contribution is -0.164. The molecule has 3 N–H and O–H groups in total. The van der Waals surface area contributed by atoms with Gasteiger partial charge in [-0.05, 0) is 17.7 Å². The number of Topliss-reactive ketones (excluding diaryl/α,β-unsaturated/α-hetero) is 1. The van der Waals surface area contributed by atoms with Crippen molar-refractivity contribution in [3.05, 3.63) is 71.8 Å². The summed E-state index contributed by atoms with van der Waals surface area (Å²) in [6.07, 6.45) is -0.372. The molecule has 0 aliphatic heterocycles. The maximum atomic E-state index is 12.2. The number of rotatable bonds is 7. The third-order valence-corrected chi connectivity index (χ3v) is 3.56. The van der Waals surface area contributed by atoms with Gasteiger partial charge in [-0.25, -0.2) is 4.79 Å². The van der Waals surface area contributed by atoms with Gasteiger partial charge in [0.2, 0.25) is 5.60 Å². The van der Waals surface area contributed by atoms with Crippen LogP contribution in [-0.2, 0) is 16.0 Å². The van der Waals surface area contributed by atoms with E-state index in [1.807, 2.05) is 0 Å². The van der Waals surface area contributed by atoms with Crippen LogP contribution >= 0.6 is 0 Å². The van der Waals surface area contributed by atoms with E-state index in [1.54, 1.807) is 60.7 Å². The molecule has 1 unspecified atom stereocenters. The molecule has 0 fully saturated rings. The minimum atomic E-state index is -2.59. The minimum Gasteiger partial charge on any atom is -0.479 e. The number of carbonyl (C=O) groups is 3. The van der Waals surface area contributed by atoms with Gasteiger partial charge in [-0.1, -0.05) is 48.5 Å². The highest BCUT2D eigenvalue weighted by Crippen LogP contribution is 2.15. The third-order valence-electron chi connectivity index (χ3n) is 3.56. The number of amides is 1. The summed E-state index contributed by atoms with van der Waals surface area (Å²) in [7, 11) is 0. The first-order valence-corrected chi connectivity index (χ1v) is 7.30. The van der Waals surface area contributed by atoms with E-state index >= 15 is 0 Å². The molecule has 2 aromatic carbocycles. The second kappa shape index (κ2) is 7.52. The average Bonchev–Trinajstić information content (AvgIpc) is 2.60. The quantitative estimate of drug-likeness (QED) is 0.659. The summed E-state index contributed by atoms with van der Waals surface area (Å²) >= 11 is 0. The Hall–Kier alpha value is -2.99. The fourth-order valence-electron chi connectivity index (χ4n) is 2.18. The number of aliphatic carboxylic acids is 1. The van der Waals surface area contributed by atoms with Crippen LogP contribution in [0.25, 0.3) is 0 Å². The molecule has 0 saturated heterocycles.